The fourth-order valence-corrected chi connectivity index (χ4v) is 2.05. The number of methoxy groups -OCH3 is 1. The molecule has 4 nitrogen and oxygen atoms in total. The second-order valence-corrected chi connectivity index (χ2v) is 4.89. The Morgan fingerprint density at radius 2 is 2.33 bits per heavy atom. The maximum atomic E-state index is 5.35. The first-order chi connectivity index (χ1) is 7.33. The first kappa shape index (κ1) is 12.8. The lowest BCUT2D eigenvalue weighted by atomic mass is 10.4. The van der Waals surface area contributed by atoms with Gasteiger partial charge in [-0.3, -0.25) is 4.99 Å². The lowest BCUT2D eigenvalue weighted by molar-refractivity contribution is 0.0699. The van der Waals surface area contributed by atoms with Crippen molar-refractivity contribution in [2.45, 2.75) is 18.6 Å². The lowest BCUT2D eigenvalue weighted by Crippen LogP contribution is -2.21. The molecule has 1 aliphatic rings. The first-order valence-corrected chi connectivity index (χ1v) is 6.22. The molecular weight excluding hydrogens is 212 g/mol. The van der Waals surface area contributed by atoms with Gasteiger partial charge in [-0.25, -0.2) is 0 Å². The van der Waals surface area contributed by atoms with Gasteiger partial charge in [0, 0.05) is 25.5 Å². The van der Waals surface area contributed by atoms with Crippen molar-refractivity contribution in [1.29, 1.82) is 0 Å². The molecule has 0 aliphatic carbocycles. The van der Waals surface area contributed by atoms with E-state index in [2.05, 4.69) is 17.2 Å². The number of rotatable bonds is 7. The minimum Gasteiger partial charge on any atom is -0.382 e. The minimum atomic E-state index is 0.630. The third-order valence-electron chi connectivity index (χ3n) is 1.98. The third kappa shape index (κ3) is 6.02. The Morgan fingerprint density at radius 1 is 1.47 bits per heavy atom. The van der Waals surface area contributed by atoms with E-state index in [-0.39, 0.29) is 0 Å². The fourth-order valence-electron chi connectivity index (χ4n) is 1.19. The normalized spacial score (nSPS) is 20.4. The Kier molecular flexibility index (Phi) is 6.80. The van der Waals surface area contributed by atoms with E-state index in [0.717, 1.165) is 31.3 Å². The summed E-state index contributed by atoms with van der Waals surface area (Å²) in [6.07, 6.45) is 1.01. The number of thioether (sulfide) groups is 1. The number of amidine groups is 1. The van der Waals surface area contributed by atoms with Crippen LogP contribution in [0, 0.1) is 0 Å². The van der Waals surface area contributed by atoms with Crippen LogP contribution in [-0.4, -0.2) is 50.4 Å². The van der Waals surface area contributed by atoms with Crippen LogP contribution < -0.4 is 5.32 Å². The van der Waals surface area contributed by atoms with Crippen LogP contribution in [-0.2, 0) is 9.47 Å². The molecule has 15 heavy (non-hydrogen) atoms. The minimum absolute atomic E-state index is 0.630. The molecule has 0 aromatic carbocycles. The van der Waals surface area contributed by atoms with Crippen molar-refractivity contribution in [3.8, 4) is 0 Å². The van der Waals surface area contributed by atoms with Crippen LogP contribution in [0.25, 0.3) is 0 Å². The van der Waals surface area contributed by atoms with Crippen LogP contribution in [0.15, 0.2) is 4.99 Å². The number of hydrogen-bond acceptors (Lipinski definition) is 5. The van der Waals surface area contributed by atoms with Gasteiger partial charge >= 0.3 is 0 Å². The molecule has 1 unspecified atom stereocenters. The summed E-state index contributed by atoms with van der Waals surface area (Å²) in [4.78, 5) is 4.37. The third-order valence-corrected chi connectivity index (χ3v) is 3.03. The average molecular weight is 232 g/mol. The lowest BCUT2D eigenvalue weighted by Gasteiger charge is -2.06. The molecule has 0 fully saturated rings. The molecule has 0 radical (unpaired) electrons. The van der Waals surface area contributed by atoms with Gasteiger partial charge in [0.15, 0.2) is 5.17 Å². The van der Waals surface area contributed by atoms with Crippen LogP contribution in [0.1, 0.15) is 13.3 Å². The van der Waals surface area contributed by atoms with E-state index < -0.39 is 0 Å². The second kappa shape index (κ2) is 7.96. The van der Waals surface area contributed by atoms with Crippen molar-refractivity contribution in [2.75, 3.05) is 40.0 Å². The number of aliphatic imine (C=N–C) groups is 1. The highest BCUT2D eigenvalue weighted by Gasteiger charge is 2.13. The molecule has 1 rings (SSSR count). The Labute approximate surface area is 95.8 Å². The highest BCUT2D eigenvalue weighted by atomic mass is 32.2. The van der Waals surface area contributed by atoms with Crippen molar-refractivity contribution in [3.63, 3.8) is 0 Å². The highest BCUT2D eigenvalue weighted by Crippen LogP contribution is 2.18. The number of nitrogens with one attached hydrogen (secondary N) is 1. The van der Waals surface area contributed by atoms with Crippen LogP contribution in [0.5, 0.6) is 0 Å². The van der Waals surface area contributed by atoms with E-state index in [0.29, 0.717) is 18.5 Å². The predicted octanol–water partition coefficient (Wildman–Crippen LogP) is 1.12. The average Bonchev–Trinajstić information content (AvgIpc) is 2.63. The molecule has 0 saturated heterocycles. The van der Waals surface area contributed by atoms with Crippen molar-refractivity contribution in [1.82, 2.24) is 5.32 Å². The van der Waals surface area contributed by atoms with Gasteiger partial charge in [-0.1, -0.05) is 18.7 Å². The van der Waals surface area contributed by atoms with Crippen molar-refractivity contribution in [2.24, 2.45) is 4.99 Å². The molecule has 88 valence electrons. The van der Waals surface area contributed by atoms with Gasteiger partial charge < -0.3 is 14.8 Å². The van der Waals surface area contributed by atoms with E-state index in [1.54, 1.807) is 7.11 Å². The SMILES string of the molecule is COCCOCCCNC1=NCC(C)S1. The molecule has 0 amide bonds. The van der Waals surface area contributed by atoms with E-state index in [9.17, 15) is 0 Å². The van der Waals surface area contributed by atoms with Gasteiger partial charge in [-0.2, -0.15) is 0 Å². The predicted molar refractivity (Wildman–Crippen MR) is 64.7 cm³/mol. The summed E-state index contributed by atoms with van der Waals surface area (Å²) in [5.41, 5.74) is 0. The maximum absolute atomic E-state index is 5.35. The van der Waals surface area contributed by atoms with Gasteiger partial charge in [0.25, 0.3) is 0 Å². The van der Waals surface area contributed by atoms with Gasteiger partial charge in [0.2, 0.25) is 0 Å². The zero-order chi connectivity index (χ0) is 10.9. The molecule has 0 spiro atoms. The summed E-state index contributed by atoms with van der Waals surface area (Å²) in [5, 5.41) is 5.02. The van der Waals surface area contributed by atoms with Gasteiger partial charge in [0.05, 0.1) is 19.8 Å². The number of ether oxygens (including phenoxy) is 2. The van der Waals surface area contributed by atoms with E-state index in [1.807, 2.05) is 11.8 Å². The molecule has 1 atom stereocenters. The first-order valence-electron chi connectivity index (χ1n) is 5.34. The van der Waals surface area contributed by atoms with Crippen LogP contribution in [0.3, 0.4) is 0 Å². The molecule has 1 heterocycles. The van der Waals surface area contributed by atoms with Crippen molar-refractivity contribution in [3.05, 3.63) is 0 Å². The van der Waals surface area contributed by atoms with Gasteiger partial charge in [-0.15, -0.1) is 0 Å². The number of hydrogen-bond donors (Lipinski definition) is 1. The topological polar surface area (TPSA) is 42.9 Å². The highest BCUT2D eigenvalue weighted by molar-refractivity contribution is 8.14. The van der Waals surface area contributed by atoms with Gasteiger partial charge in [0.1, 0.15) is 0 Å². The van der Waals surface area contributed by atoms with E-state index in [1.165, 1.54) is 0 Å². The largest absolute Gasteiger partial charge is 0.382 e. The summed E-state index contributed by atoms with van der Waals surface area (Å²) < 4.78 is 10.2. The molecule has 0 bridgehead atoms. The molecule has 0 saturated carbocycles. The molecule has 0 aromatic rings. The summed E-state index contributed by atoms with van der Waals surface area (Å²) in [5.74, 6) is 0. The van der Waals surface area contributed by atoms with Crippen molar-refractivity contribution >= 4 is 16.9 Å². The zero-order valence-corrected chi connectivity index (χ0v) is 10.3. The second-order valence-electron chi connectivity index (χ2n) is 3.46. The maximum Gasteiger partial charge on any atom is 0.156 e. The molecule has 5 heteroatoms. The number of nitrogens with zero attached hydrogens (tertiary/aromatic N) is 1. The van der Waals surface area contributed by atoms with Crippen LogP contribution in [0.4, 0.5) is 0 Å². The Hall–Kier alpha value is -0.260. The summed E-state index contributed by atoms with van der Waals surface area (Å²) in [6, 6.07) is 0. The Bertz CT molecular complexity index is 200. The van der Waals surface area contributed by atoms with E-state index in [4.69, 9.17) is 9.47 Å². The quantitative estimate of drug-likeness (QED) is 0.668. The Morgan fingerprint density at radius 3 is 3.00 bits per heavy atom. The monoisotopic (exact) mass is 232 g/mol. The zero-order valence-electron chi connectivity index (χ0n) is 9.49. The smallest absolute Gasteiger partial charge is 0.156 e. The molecule has 0 aromatic heterocycles. The van der Waals surface area contributed by atoms with Gasteiger partial charge in [-0.05, 0) is 6.42 Å². The standard InChI is InChI=1S/C10H20N2O2S/c1-9-8-12-10(15-9)11-4-3-5-14-7-6-13-2/h9H,3-8H2,1-2H3,(H,11,12). The summed E-state index contributed by atoms with van der Waals surface area (Å²) in [7, 11) is 1.68. The molecule has 1 N–H and O–H groups in total. The summed E-state index contributed by atoms with van der Waals surface area (Å²) in [6.45, 7) is 6.21. The molecular formula is C10H20N2O2S. The van der Waals surface area contributed by atoms with Crippen LogP contribution in [0.2, 0.25) is 0 Å². The molecule has 1 aliphatic heterocycles. The van der Waals surface area contributed by atoms with E-state index >= 15 is 0 Å². The summed E-state index contributed by atoms with van der Waals surface area (Å²) >= 11 is 1.82. The fraction of sp³-hybridized carbons (Fsp3) is 0.900. The Balaban J connectivity index is 1.85. The van der Waals surface area contributed by atoms with Crippen LogP contribution >= 0.6 is 11.8 Å². The van der Waals surface area contributed by atoms with Crippen molar-refractivity contribution < 1.29 is 9.47 Å².